The molecule has 0 unspecified atom stereocenters. The van der Waals surface area contributed by atoms with Gasteiger partial charge in [0, 0.05) is 31.2 Å². The van der Waals surface area contributed by atoms with Crippen molar-refractivity contribution in [3.05, 3.63) is 65.9 Å². The van der Waals surface area contributed by atoms with Gasteiger partial charge >= 0.3 is 0 Å². The molecule has 3 aromatic rings. The van der Waals surface area contributed by atoms with Crippen LogP contribution in [0.3, 0.4) is 0 Å². The van der Waals surface area contributed by atoms with Gasteiger partial charge in [-0.25, -0.2) is 4.98 Å². The average Bonchev–Trinajstić information content (AvgIpc) is 2.89. The Morgan fingerprint density at radius 2 is 1.76 bits per heavy atom. The molecule has 0 bridgehead atoms. The number of fused-ring (bicyclic) bond motifs is 1. The molecule has 182 valence electrons. The SMILES string of the molecule is CCC(C)(C)C1CCCCC1.CNC(=O)c1ccc(Oc2ccc(CN)c3ccccc23)nc1. The molecule has 1 fully saturated rings. The summed E-state index contributed by atoms with van der Waals surface area (Å²) in [5.74, 6) is 1.98. The zero-order valence-electron chi connectivity index (χ0n) is 21.1. The highest BCUT2D eigenvalue weighted by Crippen LogP contribution is 2.40. The molecule has 5 nitrogen and oxygen atoms in total. The number of rotatable bonds is 6. The van der Waals surface area contributed by atoms with Crippen LogP contribution in [0.2, 0.25) is 0 Å². The van der Waals surface area contributed by atoms with Gasteiger partial charge in [0.25, 0.3) is 5.91 Å². The summed E-state index contributed by atoms with van der Waals surface area (Å²) >= 11 is 0. The third-order valence-corrected chi connectivity index (χ3v) is 7.26. The molecule has 1 amide bonds. The van der Waals surface area contributed by atoms with Crippen LogP contribution in [0.4, 0.5) is 0 Å². The van der Waals surface area contributed by atoms with Crippen molar-refractivity contribution in [3.63, 3.8) is 0 Å². The smallest absolute Gasteiger partial charge is 0.252 e. The second kappa shape index (κ2) is 12.0. The van der Waals surface area contributed by atoms with Crippen molar-refractivity contribution in [1.29, 1.82) is 0 Å². The van der Waals surface area contributed by atoms with Gasteiger partial charge in [-0.05, 0) is 47.3 Å². The van der Waals surface area contributed by atoms with Crippen LogP contribution in [0.5, 0.6) is 11.6 Å². The molecule has 0 saturated heterocycles. The summed E-state index contributed by atoms with van der Waals surface area (Å²) in [6.45, 7) is 7.67. The number of carbonyl (C=O) groups is 1. The second-order valence-electron chi connectivity index (χ2n) is 9.72. The van der Waals surface area contributed by atoms with Gasteiger partial charge in [-0.2, -0.15) is 0 Å². The highest BCUT2D eigenvalue weighted by atomic mass is 16.5. The van der Waals surface area contributed by atoms with Crippen molar-refractivity contribution in [2.75, 3.05) is 7.05 Å². The normalized spacial score (nSPS) is 14.3. The monoisotopic (exact) mass is 461 g/mol. The van der Waals surface area contributed by atoms with Crippen LogP contribution >= 0.6 is 0 Å². The number of hydrogen-bond acceptors (Lipinski definition) is 4. The number of benzene rings is 2. The first-order valence-electron chi connectivity index (χ1n) is 12.5. The van der Waals surface area contributed by atoms with Crippen LogP contribution in [0, 0.1) is 11.3 Å². The number of aromatic nitrogens is 1. The maximum atomic E-state index is 11.5. The largest absolute Gasteiger partial charge is 0.438 e. The average molecular weight is 462 g/mol. The van der Waals surface area contributed by atoms with Gasteiger partial charge in [-0.3, -0.25) is 4.79 Å². The molecule has 1 aromatic heterocycles. The Labute approximate surface area is 204 Å². The molecule has 3 N–H and O–H groups in total. The lowest BCUT2D eigenvalue weighted by Crippen LogP contribution is -2.25. The van der Waals surface area contributed by atoms with E-state index in [2.05, 4.69) is 31.1 Å². The van der Waals surface area contributed by atoms with Crippen molar-refractivity contribution in [1.82, 2.24) is 10.3 Å². The Bertz CT molecular complexity index is 1070. The number of amides is 1. The minimum absolute atomic E-state index is 0.179. The summed E-state index contributed by atoms with van der Waals surface area (Å²) in [5, 5.41) is 4.60. The molecular formula is C29H39N3O2. The zero-order valence-corrected chi connectivity index (χ0v) is 21.1. The summed E-state index contributed by atoms with van der Waals surface area (Å²) in [5.41, 5.74) is 7.95. The molecule has 0 aliphatic heterocycles. The van der Waals surface area contributed by atoms with Crippen LogP contribution < -0.4 is 15.8 Å². The number of carbonyl (C=O) groups excluding carboxylic acids is 1. The van der Waals surface area contributed by atoms with Gasteiger partial charge in [0.2, 0.25) is 5.88 Å². The molecule has 4 rings (SSSR count). The molecule has 0 spiro atoms. The van der Waals surface area contributed by atoms with Gasteiger partial charge in [-0.1, -0.05) is 76.8 Å². The van der Waals surface area contributed by atoms with E-state index < -0.39 is 0 Å². The first kappa shape index (κ1) is 25.7. The molecule has 1 aliphatic carbocycles. The van der Waals surface area contributed by atoms with Gasteiger partial charge in [0.1, 0.15) is 5.75 Å². The van der Waals surface area contributed by atoms with Gasteiger partial charge in [0.15, 0.2) is 0 Å². The van der Waals surface area contributed by atoms with Crippen LogP contribution in [-0.2, 0) is 6.54 Å². The summed E-state index contributed by atoms with van der Waals surface area (Å²) in [6.07, 6.45) is 10.3. The van der Waals surface area contributed by atoms with E-state index in [-0.39, 0.29) is 5.91 Å². The molecular weight excluding hydrogens is 422 g/mol. The third-order valence-electron chi connectivity index (χ3n) is 7.26. The van der Waals surface area contributed by atoms with Crippen LogP contribution in [0.25, 0.3) is 10.8 Å². The van der Waals surface area contributed by atoms with Crippen LogP contribution in [0.15, 0.2) is 54.7 Å². The molecule has 2 aromatic carbocycles. The fraction of sp³-hybridized carbons (Fsp3) is 0.448. The maximum Gasteiger partial charge on any atom is 0.252 e. The van der Waals surface area contributed by atoms with Crippen molar-refractivity contribution >= 4 is 16.7 Å². The van der Waals surface area contributed by atoms with Crippen molar-refractivity contribution in [3.8, 4) is 11.6 Å². The molecule has 0 radical (unpaired) electrons. The molecule has 34 heavy (non-hydrogen) atoms. The maximum absolute atomic E-state index is 11.5. The fourth-order valence-electron chi connectivity index (χ4n) is 4.61. The summed E-state index contributed by atoms with van der Waals surface area (Å²) < 4.78 is 5.88. The zero-order chi connectivity index (χ0) is 24.6. The van der Waals surface area contributed by atoms with Crippen molar-refractivity contribution in [2.45, 2.75) is 65.8 Å². The summed E-state index contributed by atoms with van der Waals surface area (Å²) in [6, 6.07) is 15.1. The van der Waals surface area contributed by atoms with Crippen LogP contribution in [-0.4, -0.2) is 17.9 Å². The van der Waals surface area contributed by atoms with Gasteiger partial charge in [-0.15, -0.1) is 0 Å². The van der Waals surface area contributed by atoms with E-state index >= 15 is 0 Å². The van der Waals surface area contributed by atoms with E-state index in [4.69, 9.17) is 10.5 Å². The lowest BCUT2D eigenvalue weighted by Gasteiger charge is -2.36. The van der Waals surface area contributed by atoms with E-state index in [0.717, 1.165) is 22.3 Å². The van der Waals surface area contributed by atoms with Gasteiger partial charge in [0.05, 0.1) is 5.56 Å². The first-order valence-corrected chi connectivity index (χ1v) is 12.5. The Kier molecular flexibility index (Phi) is 9.05. The van der Waals surface area contributed by atoms with Crippen LogP contribution in [0.1, 0.15) is 75.2 Å². The topological polar surface area (TPSA) is 77.2 Å². The number of hydrogen-bond donors (Lipinski definition) is 2. The predicted octanol–water partition coefficient (Wildman–Crippen LogP) is 6.85. The highest BCUT2D eigenvalue weighted by Gasteiger charge is 2.28. The second-order valence-corrected chi connectivity index (χ2v) is 9.72. The number of nitrogens with one attached hydrogen (secondary N) is 1. The summed E-state index contributed by atoms with van der Waals surface area (Å²) in [7, 11) is 1.58. The fourth-order valence-corrected chi connectivity index (χ4v) is 4.61. The molecule has 1 saturated carbocycles. The lowest BCUT2D eigenvalue weighted by atomic mass is 9.70. The Morgan fingerprint density at radius 3 is 2.35 bits per heavy atom. The van der Waals surface area contributed by atoms with E-state index in [1.54, 1.807) is 19.2 Å². The van der Waals surface area contributed by atoms with E-state index in [1.165, 1.54) is 44.7 Å². The first-order chi connectivity index (χ1) is 16.4. The predicted molar refractivity (Wildman–Crippen MR) is 140 cm³/mol. The number of pyridine rings is 1. The van der Waals surface area contributed by atoms with E-state index in [9.17, 15) is 4.79 Å². The number of nitrogens with two attached hydrogens (primary N) is 1. The van der Waals surface area contributed by atoms with E-state index in [1.807, 2.05) is 36.4 Å². The highest BCUT2D eigenvalue weighted by molar-refractivity contribution is 5.93. The molecule has 5 heteroatoms. The molecule has 1 aliphatic rings. The Morgan fingerprint density at radius 1 is 1.06 bits per heavy atom. The molecule has 1 heterocycles. The Hall–Kier alpha value is -2.92. The Balaban J connectivity index is 0.000000248. The summed E-state index contributed by atoms with van der Waals surface area (Å²) in [4.78, 5) is 15.7. The lowest BCUT2D eigenvalue weighted by molar-refractivity contribution is 0.0962. The number of ether oxygens (including phenoxy) is 1. The minimum atomic E-state index is -0.179. The van der Waals surface area contributed by atoms with Gasteiger partial charge < -0.3 is 15.8 Å². The minimum Gasteiger partial charge on any atom is -0.438 e. The van der Waals surface area contributed by atoms with Crippen molar-refractivity contribution < 1.29 is 9.53 Å². The van der Waals surface area contributed by atoms with E-state index in [0.29, 0.717) is 29.2 Å². The molecule has 0 atom stereocenters. The standard InChI is InChI=1S/C18H17N3O2.C11H22/c1-20-18(22)13-7-9-17(21-11-13)23-16-8-6-12(10-19)14-4-2-3-5-15(14)16;1-4-11(2,3)10-8-6-5-7-9-10/h2-9,11H,10,19H2,1H3,(H,20,22);10H,4-9H2,1-3H3. The third kappa shape index (κ3) is 6.35. The quantitative estimate of drug-likeness (QED) is 0.421. The number of nitrogens with zero attached hydrogens (tertiary/aromatic N) is 1. The van der Waals surface area contributed by atoms with Crippen molar-refractivity contribution in [2.24, 2.45) is 17.1 Å².